The number of methoxy groups -OCH3 is 2. The second-order valence-electron chi connectivity index (χ2n) is 10.00. The van der Waals surface area contributed by atoms with Crippen molar-refractivity contribution in [3.05, 3.63) is 129 Å². The van der Waals surface area contributed by atoms with E-state index < -0.39 is 47.4 Å². The fourth-order valence-corrected chi connectivity index (χ4v) is 5.34. The lowest BCUT2D eigenvalue weighted by atomic mass is 9.78. The predicted octanol–water partition coefficient (Wildman–Crippen LogP) is 2.90. The average Bonchev–Trinajstić information content (AvgIpc) is 3.33. The standard InChI is InChI=1S/C32H32N2O9/c1-20(35)42-28-27(37)29(43-30(28)34-18-17-26(36)33-31(34)38)32(22-7-5-4-6-8-22,23-11-15-25(40-3)16-12-23)41-19-21-9-13-24(39-2)14-10-21/h4-18,27-30,37H,19H2,1-3H3,(H,33,36,38). The van der Waals surface area contributed by atoms with Crippen molar-refractivity contribution >= 4 is 5.97 Å². The molecule has 1 aliphatic rings. The van der Waals surface area contributed by atoms with Crippen LogP contribution in [0.3, 0.4) is 0 Å². The van der Waals surface area contributed by atoms with Crippen LogP contribution in [0.15, 0.2) is 101 Å². The number of aliphatic hydroxyl groups is 1. The molecule has 1 saturated heterocycles. The van der Waals surface area contributed by atoms with Crippen molar-refractivity contribution in [2.24, 2.45) is 0 Å². The molecule has 11 nitrogen and oxygen atoms in total. The number of hydrogen-bond donors (Lipinski definition) is 2. The summed E-state index contributed by atoms with van der Waals surface area (Å²) in [6.07, 6.45) is -4.08. The molecule has 5 rings (SSSR count). The molecule has 4 aromatic rings. The van der Waals surface area contributed by atoms with Gasteiger partial charge in [0.25, 0.3) is 5.56 Å². The third kappa shape index (κ3) is 5.96. The zero-order chi connectivity index (χ0) is 30.6. The van der Waals surface area contributed by atoms with Gasteiger partial charge in [0.1, 0.15) is 29.3 Å². The topological polar surface area (TPSA) is 138 Å². The van der Waals surface area contributed by atoms with E-state index in [2.05, 4.69) is 4.98 Å². The van der Waals surface area contributed by atoms with Gasteiger partial charge in [0.05, 0.1) is 20.8 Å². The van der Waals surface area contributed by atoms with Gasteiger partial charge in [-0.3, -0.25) is 19.1 Å². The van der Waals surface area contributed by atoms with Crippen molar-refractivity contribution in [2.75, 3.05) is 14.2 Å². The summed E-state index contributed by atoms with van der Waals surface area (Å²) in [6, 6.07) is 24.8. The number of benzene rings is 3. The maximum absolute atomic E-state index is 12.8. The highest BCUT2D eigenvalue weighted by atomic mass is 16.6. The van der Waals surface area contributed by atoms with Crippen molar-refractivity contribution < 1.29 is 33.6 Å². The molecule has 0 spiro atoms. The number of hydrogen-bond acceptors (Lipinski definition) is 9. The molecule has 1 aromatic heterocycles. The van der Waals surface area contributed by atoms with Crippen LogP contribution >= 0.6 is 0 Å². The lowest BCUT2D eigenvalue weighted by Gasteiger charge is -2.41. The Bertz CT molecular complexity index is 1650. The van der Waals surface area contributed by atoms with Crippen molar-refractivity contribution in [2.45, 2.75) is 43.7 Å². The fourth-order valence-electron chi connectivity index (χ4n) is 5.34. The molecule has 2 heterocycles. The molecule has 0 bridgehead atoms. The summed E-state index contributed by atoms with van der Waals surface area (Å²) in [6.45, 7) is 1.28. The van der Waals surface area contributed by atoms with Gasteiger partial charge in [-0.05, 0) is 41.0 Å². The number of esters is 1. The maximum Gasteiger partial charge on any atom is 0.330 e. The fraction of sp³-hybridized carbons (Fsp3) is 0.281. The lowest BCUT2D eigenvalue weighted by molar-refractivity contribution is -0.161. The molecule has 0 amide bonds. The third-order valence-corrected chi connectivity index (χ3v) is 7.39. The summed E-state index contributed by atoms with van der Waals surface area (Å²) in [4.78, 5) is 39.0. The molecule has 5 unspecified atom stereocenters. The second kappa shape index (κ2) is 12.7. The van der Waals surface area contributed by atoms with E-state index in [1.54, 1.807) is 38.5 Å². The largest absolute Gasteiger partial charge is 0.497 e. The number of carbonyl (C=O) groups is 1. The van der Waals surface area contributed by atoms with Crippen LogP contribution in [0, 0.1) is 0 Å². The number of rotatable bonds is 10. The molecule has 2 N–H and O–H groups in total. The van der Waals surface area contributed by atoms with Gasteiger partial charge < -0.3 is 28.8 Å². The second-order valence-corrected chi connectivity index (χ2v) is 10.00. The van der Waals surface area contributed by atoms with Crippen LogP contribution < -0.4 is 20.7 Å². The minimum absolute atomic E-state index is 0.0823. The Hall–Kier alpha value is -4.71. The molecule has 0 radical (unpaired) electrons. The maximum atomic E-state index is 12.8. The molecule has 3 aromatic carbocycles. The molecule has 0 saturated carbocycles. The number of aromatic amines is 1. The molecule has 11 heteroatoms. The zero-order valence-corrected chi connectivity index (χ0v) is 23.8. The lowest BCUT2D eigenvalue weighted by Crippen LogP contribution is -2.50. The van der Waals surface area contributed by atoms with Gasteiger partial charge in [-0.15, -0.1) is 0 Å². The summed E-state index contributed by atoms with van der Waals surface area (Å²) >= 11 is 0. The Balaban J connectivity index is 1.69. The van der Waals surface area contributed by atoms with Gasteiger partial charge in [-0.2, -0.15) is 0 Å². The molecule has 1 fully saturated rings. The van der Waals surface area contributed by atoms with Gasteiger partial charge in [-0.25, -0.2) is 4.79 Å². The molecule has 1 aliphatic heterocycles. The zero-order valence-electron chi connectivity index (χ0n) is 23.8. The summed E-state index contributed by atoms with van der Waals surface area (Å²) in [5.41, 5.74) is -0.850. The number of ether oxygens (including phenoxy) is 5. The Kier molecular flexibility index (Phi) is 8.76. The molecular formula is C32H32N2O9. The SMILES string of the molecule is COc1ccc(COC(c2ccccc2)(c2ccc(OC)cc2)C2OC(n3ccc(=O)[nH]c3=O)C(OC(C)=O)C2O)cc1. The van der Waals surface area contributed by atoms with E-state index in [0.29, 0.717) is 22.6 Å². The minimum Gasteiger partial charge on any atom is -0.497 e. The van der Waals surface area contributed by atoms with Crippen LogP contribution in [-0.2, 0) is 31.2 Å². The van der Waals surface area contributed by atoms with Crippen LogP contribution in [0.4, 0.5) is 0 Å². The first-order chi connectivity index (χ1) is 20.8. The van der Waals surface area contributed by atoms with Crippen LogP contribution in [-0.4, -0.2) is 53.2 Å². The van der Waals surface area contributed by atoms with Crippen molar-refractivity contribution in [1.29, 1.82) is 0 Å². The number of aliphatic hydroxyl groups excluding tert-OH is 1. The number of H-pyrrole nitrogens is 1. The highest BCUT2D eigenvalue weighted by molar-refractivity contribution is 5.66. The monoisotopic (exact) mass is 588 g/mol. The molecular weight excluding hydrogens is 556 g/mol. The third-order valence-electron chi connectivity index (χ3n) is 7.39. The Morgan fingerprint density at radius 2 is 1.51 bits per heavy atom. The summed E-state index contributed by atoms with van der Waals surface area (Å²) in [5, 5.41) is 11.9. The van der Waals surface area contributed by atoms with E-state index in [9.17, 15) is 19.5 Å². The van der Waals surface area contributed by atoms with Crippen LogP contribution in [0.2, 0.25) is 0 Å². The van der Waals surface area contributed by atoms with Crippen LogP contribution in [0.1, 0.15) is 29.8 Å². The Morgan fingerprint density at radius 3 is 2.09 bits per heavy atom. The molecule has 5 atom stereocenters. The number of carbonyl (C=O) groups excluding carboxylic acids is 1. The van der Waals surface area contributed by atoms with Crippen LogP contribution in [0.25, 0.3) is 0 Å². The first kappa shape index (κ1) is 29.8. The quantitative estimate of drug-likeness (QED) is 0.268. The first-order valence-corrected chi connectivity index (χ1v) is 13.6. The smallest absolute Gasteiger partial charge is 0.330 e. The predicted molar refractivity (Wildman–Crippen MR) is 155 cm³/mol. The highest BCUT2D eigenvalue weighted by Gasteiger charge is 2.58. The van der Waals surface area contributed by atoms with E-state index in [1.807, 2.05) is 54.6 Å². The normalized spacial score (nSPS) is 21.1. The molecule has 43 heavy (non-hydrogen) atoms. The summed E-state index contributed by atoms with van der Waals surface area (Å²) in [5.74, 6) is 0.593. The van der Waals surface area contributed by atoms with Crippen molar-refractivity contribution in [3.8, 4) is 11.5 Å². The number of aromatic nitrogens is 2. The van der Waals surface area contributed by atoms with Gasteiger partial charge in [-0.1, -0.05) is 54.6 Å². The van der Waals surface area contributed by atoms with Crippen molar-refractivity contribution in [1.82, 2.24) is 9.55 Å². The van der Waals surface area contributed by atoms with E-state index in [-0.39, 0.29) is 6.61 Å². The Morgan fingerprint density at radius 1 is 0.907 bits per heavy atom. The molecule has 224 valence electrons. The first-order valence-electron chi connectivity index (χ1n) is 13.6. The number of nitrogens with zero attached hydrogens (tertiary/aromatic N) is 1. The highest BCUT2D eigenvalue weighted by Crippen LogP contribution is 2.47. The van der Waals surface area contributed by atoms with Gasteiger partial charge in [0, 0.05) is 19.2 Å². The van der Waals surface area contributed by atoms with E-state index in [4.69, 9.17) is 23.7 Å². The summed E-state index contributed by atoms with van der Waals surface area (Å²) in [7, 11) is 3.14. The van der Waals surface area contributed by atoms with E-state index >= 15 is 0 Å². The van der Waals surface area contributed by atoms with E-state index in [0.717, 1.165) is 16.2 Å². The number of nitrogens with one attached hydrogen (secondary N) is 1. The van der Waals surface area contributed by atoms with E-state index in [1.165, 1.54) is 13.1 Å². The van der Waals surface area contributed by atoms with Crippen molar-refractivity contribution in [3.63, 3.8) is 0 Å². The Labute approximate surface area is 247 Å². The van der Waals surface area contributed by atoms with Crippen LogP contribution in [0.5, 0.6) is 11.5 Å². The summed E-state index contributed by atoms with van der Waals surface area (Å²) < 4.78 is 30.6. The minimum atomic E-state index is -1.49. The van der Waals surface area contributed by atoms with Gasteiger partial charge >= 0.3 is 11.7 Å². The molecule has 0 aliphatic carbocycles. The van der Waals surface area contributed by atoms with Gasteiger partial charge in [0.15, 0.2) is 12.3 Å². The average molecular weight is 589 g/mol. The van der Waals surface area contributed by atoms with Gasteiger partial charge in [0.2, 0.25) is 0 Å².